The lowest BCUT2D eigenvalue weighted by atomic mass is 10.0. The van der Waals surface area contributed by atoms with Gasteiger partial charge in [-0.05, 0) is 6.42 Å². The molecule has 0 amide bonds. The molecule has 0 saturated heterocycles. The molecule has 0 aromatic rings. The van der Waals surface area contributed by atoms with Crippen molar-refractivity contribution in [3.05, 3.63) is 0 Å². The second-order valence-electron chi connectivity index (χ2n) is 2.93. The zero-order valence-electron chi connectivity index (χ0n) is 7.40. The summed E-state index contributed by atoms with van der Waals surface area (Å²) < 4.78 is 36.1. The standard InChI is InChI=1S/C8H13F3O2/c1-2-3-4-5-6(7(12)13)8(9,10)11/h6H,2-5H2,1H3,(H,12,13). The fourth-order valence-electron chi connectivity index (χ4n) is 1.03. The average molecular weight is 198 g/mol. The number of carboxylic acids is 1. The van der Waals surface area contributed by atoms with Crippen LogP contribution in [0.1, 0.15) is 32.6 Å². The Kier molecular flexibility index (Phi) is 4.80. The minimum atomic E-state index is -4.61. The quantitative estimate of drug-likeness (QED) is 0.689. The van der Waals surface area contributed by atoms with Crippen LogP contribution in [0.2, 0.25) is 0 Å². The molecule has 0 saturated carbocycles. The Hall–Kier alpha value is -0.740. The summed E-state index contributed by atoms with van der Waals surface area (Å²) in [5.41, 5.74) is 0. The topological polar surface area (TPSA) is 37.3 Å². The van der Waals surface area contributed by atoms with Crippen LogP contribution in [0.15, 0.2) is 0 Å². The normalized spacial score (nSPS) is 14.2. The van der Waals surface area contributed by atoms with Crippen LogP contribution in [-0.4, -0.2) is 17.3 Å². The number of carboxylic acid groups (broad SMARTS) is 1. The van der Waals surface area contributed by atoms with Crippen LogP contribution in [0, 0.1) is 5.92 Å². The summed E-state index contributed by atoms with van der Waals surface area (Å²) in [6, 6.07) is 0. The number of alkyl halides is 3. The van der Waals surface area contributed by atoms with Crippen molar-refractivity contribution in [3.8, 4) is 0 Å². The average Bonchev–Trinajstić information content (AvgIpc) is 1.94. The van der Waals surface area contributed by atoms with E-state index < -0.39 is 18.1 Å². The number of halogens is 3. The van der Waals surface area contributed by atoms with Gasteiger partial charge >= 0.3 is 12.1 Å². The largest absolute Gasteiger partial charge is 0.481 e. The smallest absolute Gasteiger partial charge is 0.402 e. The molecule has 0 radical (unpaired) electrons. The van der Waals surface area contributed by atoms with Crippen molar-refractivity contribution in [3.63, 3.8) is 0 Å². The van der Waals surface area contributed by atoms with Gasteiger partial charge in [-0.2, -0.15) is 13.2 Å². The molecule has 0 aliphatic carbocycles. The molecular weight excluding hydrogens is 185 g/mol. The first-order valence-corrected chi connectivity index (χ1v) is 4.19. The molecule has 0 heterocycles. The Labute approximate surface area is 74.7 Å². The van der Waals surface area contributed by atoms with Crippen LogP contribution in [0.3, 0.4) is 0 Å². The monoisotopic (exact) mass is 198 g/mol. The van der Waals surface area contributed by atoms with E-state index >= 15 is 0 Å². The van der Waals surface area contributed by atoms with Gasteiger partial charge in [0, 0.05) is 0 Å². The zero-order valence-corrected chi connectivity index (χ0v) is 7.40. The van der Waals surface area contributed by atoms with Gasteiger partial charge < -0.3 is 5.11 Å². The first-order chi connectivity index (χ1) is 5.89. The van der Waals surface area contributed by atoms with E-state index in [1.165, 1.54) is 0 Å². The second kappa shape index (κ2) is 5.09. The molecule has 1 N–H and O–H groups in total. The zero-order chi connectivity index (χ0) is 10.5. The van der Waals surface area contributed by atoms with Crippen LogP contribution in [0.5, 0.6) is 0 Å². The van der Waals surface area contributed by atoms with Gasteiger partial charge in [0.25, 0.3) is 0 Å². The lowest BCUT2D eigenvalue weighted by molar-refractivity contribution is -0.194. The van der Waals surface area contributed by atoms with Gasteiger partial charge in [-0.15, -0.1) is 0 Å². The van der Waals surface area contributed by atoms with Crippen molar-refractivity contribution < 1.29 is 23.1 Å². The molecule has 0 aromatic carbocycles. The molecule has 0 aliphatic rings. The summed E-state index contributed by atoms with van der Waals surface area (Å²) in [7, 11) is 0. The summed E-state index contributed by atoms with van der Waals surface area (Å²) in [5.74, 6) is -3.97. The third-order valence-corrected chi connectivity index (χ3v) is 1.79. The number of unbranched alkanes of at least 4 members (excludes halogenated alkanes) is 2. The van der Waals surface area contributed by atoms with Crippen molar-refractivity contribution in [2.24, 2.45) is 5.92 Å². The summed E-state index contributed by atoms with van der Waals surface area (Å²) in [4.78, 5) is 10.2. The molecule has 0 spiro atoms. The van der Waals surface area contributed by atoms with E-state index in [1.54, 1.807) is 0 Å². The highest BCUT2D eigenvalue weighted by molar-refractivity contribution is 5.70. The number of hydrogen-bond acceptors (Lipinski definition) is 1. The molecule has 5 heteroatoms. The molecule has 1 atom stereocenters. The third-order valence-electron chi connectivity index (χ3n) is 1.79. The van der Waals surface area contributed by atoms with Crippen LogP contribution >= 0.6 is 0 Å². The Bertz CT molecular complexity index is 165. The van der Waals surface area contributed by atoms with E-state index in [0.29, 0.717) is 12.8 Å². The Morgan fingerprint density at radius 2 is 1.92 bits per heavy atom. The molecule has 78 valence electrons. The number of hydrogen-bond donors (Lipinski definition) is 1. The Morgan fingerprint density at radius 3 is 2.23 bits per heavy atom. The van der Waals surface area contributed by atoms with E-state index in [4.69, 9.17) is 5.11 Å². The lowest BCUT2D eigenvalue weighted by Crippen LogP contribution is -2.30. The second-order valence-corrected chi connectivity index (χ2v) is 2.93. The molecule has 0 bridgehead atoms. The molecular formula is C8H13F3O2. The maximum absolute atomic E-state index is 12.0. The maximum atomic E-state index is 12.0. The summed E-state index contributed by atoms with van der Waals surface area (Å²) in [6.07, 6.45) is -3.19. The van der Waals surface area contributed by atoms with E-state index in [1.807, 2.05) is 6.92 Å². The number of rotatable bonds is 5. The highest BCUT2D eigenvalue weighted by Crippen LogP contribution is 2.30. The molecule has 2 nitrogen and oxygen atoms in total. The fraction of sp³-hybridized carbons (Fsp3) is 0.875. The summed E-state index contributed by atoms with van der Waals surface area (Å²) in [6.45, 7) is 1.85. The summed E-state index contributed by atoms with van der Waals surface area (Å²) >= 11 is 0. The highest BCUT2D eigenvalue weighted by atomic mass is 19.4. The molecule has 1 unspecified atom stereocenters. The van der Waals surface area contributed by atoms with Gasteiger partial charge in [0.05, 0.1) is 0 Å². The highest BCUT2D eigenvalue weighted by Gasteiger charge is 2.44. The first kappa shape index (κ1) is 12.3. The molecule has 0 aliphatic heterocycles. The number of carbonyl (C=O) groups is 1. The van der Waals surface area contributed by atoms with Crippen LogP contribution < -0.4 is 0 Å². The Balaban J connectivity index is 4.04. The maximum Gasteiger partial charge on any atom is 0.402 e. The van der Waals surface area contributed by atoms with E-state index in [9.17, 15) is 18.0 Å². The first-order valence-electron chi connectivity index (χ1n) is 4.19. The van der Waals surface area contributed by atoms with Crippen LogP contribution in [0.25, 0.3) is 0 Å². The molecule has 13 heavy (non-hydrogen) atoms. The molecule has 0 fully saturated rings. The Morgan fingerprint density at radius 1 is 1.38 bits per heavy atom. The van der Waals surface area contributed by atoms with Crippen molar-refractivity contribution in [1.29, 1.82) is 0 Å². The van der Waals surface area contributed by atoms with Gasteiger partial charge in [0.15, 0.2) is 5.92 Å². The van der Waals surface area contributed by atoms with Gasteiger partial charge in [0.1, 0.15) is 0 Å². The van der Waals surface area contributed by atoms with Crippen molar-refractivity contribution in [1.82, 2.24) is 0 Å². The van der Waals surface area contributed by atoms with Crippen LogP contribution in [-0.2, 0) is 4.79 Å². The van der Waals surface area contributed by atoms with Crippen molar-refractivity contribution >= 4 is 5.97 Å². The minimum Gasteiger partial charge on any atom is -0.481 e. The fourth-order valence-corrected chi connectivity index (χ4v) is 1.03. The van der Waals surface area contributed by atoms with Crippen LogP contribution in [0.4, 0.5) is 13.2 Å². The van der Waals surface area contributed by atoms with Crippen molar-refractivity contribution in [2.75, 3.05) is 0 Å². The van der Waals surface area contributed by atoms with Gasteiger partial charge in [-0.1, -0.05) is 26.2 Å². The third kappa shape index (κ3) is 4.75. The molecule has 0 aromatic heterocycles. The van der Waals surface area contributed by atoms with E-state index in [2.05, 4.69) is 0 Å². The van der Waals surface area contributed by atoms with Crippen molar-refractivity contribution in [2.45, 2.75) is 38.8 Å². The molecule has 0 rings (SSSR count). The van der Waals surface area contributed by atoms with E-state index in [0.717, 1.165) is 6.42 Å². The predicted octanol–water partition coefficient (Wildman–Crippen LogP) is 2.83. The van der Waals surface area contributed by atoms with Gasteiger partial charge in [-0.3, -0.25) is 4.79 Å². The SMILES string of the molecule is CCCCCC(C(=O)O)C(F)(F)F. The lowest BCUT2D eigenvalue weighted by Gasteiger charge is -2.15. The number of aliphatic carboxylic acids is 1. The minimum absolute atomic E-state index is 0.312. The van der Waals surface area contributed by atoms with Gasteiger partial charge in [-0.25, -0.2) is 0 Å². The predicted molar refractivity (Wildman–Crippen MR) is 41.3 cm³/mol. The van der Waals surface area contributed by atoms with E-state index in [-0.39, 0.29) is 6.42 Å². The van der Waals surface area contributed by atoms with Gasteiger partial charge in [0.2, 0.25) is 0 Å². The summed E-state index contributed by atoms with van der Waals surface area (Å²) in [5, 5.41) is 8.29.